The molecular weight excluding hydrogens is 282 g/mol. The molecular formula is C16H17N3O3. The van der Waals surface area contributed by atoms with E-state index in [0.29, 0.717) is 6.42 Å². The molecule has 1 aliphatic rings. The molecule has 0 radical (unpaired) electrons. The van der Waals surface area contributed by atoms with E-state index in [1.165, 1.54) is 14.1 Å². The van der Waals surface area contributed by atoms with Crippen molar-refractivity contribution in [1.29, 1.82) is 0 Å². The monoisotopic (exact) mass is 299 g/mol. The summed E-state index contributed by atoms with van der Waals surface area (Å²) in [4.78, 5) is 38.4. The van der Waals surface area contributed by atoms with E-state index in [4.69, 9.17) is 0 Å². The van der Waals surface area contributed by atoms with Crippen molar-refractivity contribution < 1.29 is 14.4 Å². The first-order chi connectivity index (χ1) is 10.4. The third kappa shape index (κ3) is 1.99. The predicted molar refractivity (Wildman–Crippen MR) is 81.0 cm³/mol. The second kappa shape index (κ2) is 4.98. The highest BCUT2D eigenvalue weighted by atomic mass is 16.2. The van der Waals surface area contributed by atoms with Gasteiger partial charge in [-0.1, -0.05) is 18.2 Å². The Balaban J connectivity index is 1.99. The predicted octanol–water partition coefficient (Wildman–Crippen LogP) is 1.39. The number of hydrogen-bond donors (Lipinski definition) is 0. The van der Waals surface area contributed by atoms with E-state index in [9.17, 15) is 14.4 Å². The van der Waals surface area contributed by atoms with Crippen LogP contribution in [0.4, 0.5) is 4.79 Å². The Hall–Kier alpha value is -2.63. The number of amides is 4. The average molecular weight is 299 g/mol. The van der Waals surface area contributed by atoms with Crippen LogP contribution in [0.2, 0.25) is 0 Å². The highest BCUT2D eigenvalue weighted by Crippen LogP contribution is 2.26. The number of benzene rings is 1. The molecule has 0 N–H and O–H groups in total. The van der Waals surface area contributed by atoms with Crippen molar-refractivity contribution >= 4 is 28.7 Å². The molecule has 6 nitrogen and oxygen atoms in total. The van der Waals surface area contributed by atoms with E-state index < -0.39 is 23.8 Å². The molecule has 1 fully saturated rings. The van der Waals surface area contributed by atoms with E-state index in [-0.39, 0.29) is 0 Å². The van der Waals surface area contributed by atoms with Crippen molar-refractivity contribution in [2.24, 2.45) is 13.0 Å². The van der Waals surface area contributed by atoms with Gasteiger partial charge >= 0.3 is 6.03 Å². The second-order valence-electron chi connectivity index (χ2n) is 5.62. The Morgan fingerprint density at radius 1 is 0.955 bits per heavy atom. The third-order valence-electron chi connectivity index (χ3n) is 4.23. The second-order valence-corrected chi connectivity index (χ2v) is 5.62. The van der Waals surface area contributed by atoms with E-state index in [1.807, 2.05) is 42.1 Å². The lowest BCUT2D eigenvalue weighted by Crippen LogP contribution is -2.57. The standard InChI is InChI=1S/C16H17N3O3/c1-17-9-10(11-6-4-5-7-13(11)17)8-12-14(20)18(2)16(22)19(3)15(12)21/h4-7,9,12H,8H2,1-3H3. The van der Waals surface area contributed by atoms with Gasteiger partial charge in [-0.3, -0.25) is 19.4 Å². The fourth-order valence-corrected chi connectivity index (χ4v) is 2.97. The number of nitrogens with zero attached hydrogens (tertiary/aromatic N) is 3. The van der Waals surface area contributed by atoms with Crippen LogP contribution in [0.15, 0.2) is 30.5 Å². The molecule has 1 aromatic carbocycles. The molecule has 0 spiro atoms. The molecule has 3 rings (SSSR count). The number of aryl methyl sites for hydroxylation is 1. The summed E-state index contributed by atoms with van der Waals surface area (Å²) in [6.07, 6.45) is 2.22. The fourth-order valence-electron chi connectivity index (χ4n) is 2.97. The quantitative estimate of drug-likeness (QED) is 0.787. The summed E-state index contributed by atoms with van der Waals surface area (Å²) >= 11 is 0. The summed E-state index contributed by atoms with van der Waals surface area (Å²) in [7, 11) is 4.74. The lowest BCUT2D eigenvalue weighted by atomic mass is 9.95. The molecule has 4 amide bonds. The van der Waals surface area contributed by atoms with Crippen molar-refractivity contribution in [3.63, 3.8) is 0 Å². The van der Waals surface area contributed by atoms with Gasteiger partial charge < -0.3 is 4.57 Å². The molecule has 0 aliphatic carbocycles. The van der Waals surface area contributed by atoms with Crippen molar-refractivity contribution in [2.45, 2.75) is 6.42 Å². The van der Waals surface area contributed by atoms with E-state index in [2.05, 4.69) is 0 Å². The number of carbonyl (C=O) groups excluding carboxylic acids is 3. The van der Waals surface area contributed by atoms with Gasteiger partial charge in [0.2, 0.25) is 11.8 Å². The Bertz CT molecular complexity index is 769. The Kier molecular flexibility index (Phi) is 3.24. The minimum atomic E-state index is -0.849. The lowest BCUT2D eigenvalue weighted by molar-refractivity contribution is -0.147. The lowest BCUT2D eigenvalue weighted by Gasteiger charge is -2.32. The number of barbiturate groups is 1. The van der Waals surface area contributed by atoms with Crippen molar-refractivity contribution in [3.8, 4) is 0 Å². The Labute approximate surface area is 127 Å². The first-order valence-corrected chi connectivity index (χ1v) is 7.04. The van der Waals surface area contributed by atoms with Gasteiger partial charge in [0.1, 0.15) is 5.92 Å². The molecule has 0 atom stereocenters. The summed E-state index contributed by atoms with van der Waals surface area (Å²) < 4.78 is 1.97. The normalized spacial score (nSPS) is 17.0. The number of aromatic nitrogens is 1. The van der Waals surface area contributed by atoms with Crippen molar-refractivity contribution in [3.05, 3.63) is 36.0 Å². The maximum absolute atomic E-state index is 12.3. The van der Waals surface area contributed by atoms with Gasteiger partial charge in [-0.05, 0) is 18.1 Å². The van der Waals surface area contributed by atoms with Gasteiger partial charge in [0, 0.05) is 38.2 Å². The fraction of sp³-hybridized carbons (Fsp3) is 0.312. The smallest absolute Gasteiger partial charge is 0.332 e. The summed E-state index contributed by atoms with van der Waals surface area (Å²) in [5, 5.41) is 1.02. The number of imide groups is 2. The van der Waals surface area contributed by atoms with Crippen LogP contribution < -0.4 is 0 Å². The van der Waals surface area contributed by atoms with Gasteiger partial charge in [-0.2, -0.15) is 0 Å². The Morgan fingerprint density at radius 3 is 2.18 bits per heavy atom. The first-order valence-electron chi connectivity index (χ1n) is 7.04. The summed E-state index contributed by atoms with van der Waals surface area (Å²) in [5.74, 6) is -1.74. The first kappa shape index (κ1) is 14.3. The minimum Gasteiger partial charge on any atom is -0.350 e. The molecule has 1 aromatic heterocycles. The molecule has 22 heavy (non-hydrogen) atoms. The maximum atomic E-state index is 12.3. The maximum Gasteiger partial charge on any atom is 0.332 e. The average Bonchev–Trinajstić information content (AvgIpc) is 2.84. The van der Waals surface area contributed by atoms with Crippen molar-refractivity contribution in [1.82, 2.24) is 14.4 Å². The number of carbonyl (C=O) groups is 3. The van der Waals surface area contributed by atoms with Crippen LogP contribution in [0, 0.1) is 5.92 Å². The number of hydrogen-bond acceptors (Lipinski definition) is 3. The number of para-hydroxylation sites is 1. The Morgan fingerprint density at radius 2 is 1.55 bits per heavy atom. The minimum absolute atomic E-state index is 0.293. The highest BCUT2D eigenvalue weighted by molar-refractivity contribution is 6.16. The summed E-state index contributed by atoms with van der Waals surface area (Å²) in [6, 6.07) is 7.26. The molecule has 0 unspecified atom stereocenters. The topological polar surface area (TPSA) is 62.6 Å². The molecule has 6 heteroatoms. The van der Waals surface area contributed by atoms with Crippen LogP contribution in [0.3, 0.4) is 0 Å². The number of urea groups is 1. The molecule has 0 bridgehead atoms. The van der Waals surface area contributed by atoms with E-state index in [1.54, 1.807) is 0 Å². The summed E-state index contributed by atoms with van der Waals surface area (Å²) in [5.41, 5.74) is 1.98. The van der Waals surface area contributed by atoms with Gasteiger partial charge in [-0.15, -0.1) is 0 Å². The summed E-state index contributed by atoms with van der Waals surface area (Å²) in [6.45, 7) is 0. The van der Waals surface area contributed by atoms with Crippen LogP contribution in [-0.2, 0) is 23.1 Å². The zero-order chi connectivity index (χ0) is 16.0. The van der Waals surface area contributed by atoms with Crippen LogP contribution in [0.25, 0.3) is 10.9 Å². The van der Waals surface area contributed by atoms with Crippen LogP contribution >= 0.6 is 0 Å². The van der Waals surface area contributed by atoms with Crippen molar-refractivity contribution in [2.75, 3.05) is 14.1 Å². The number of rotatable bonds is 2. The molecule has 2 aromatic rings. The zero-order valence-corrected chi connectivity index (χ0v) is 12.7. The SMILES string of the molecule is CN1C(=O)C(Cc2cn(C)c3ccccc23)C(=O)N(C)C1=O. The molecule has 2 heterocycles. The van der Waals surface area contributed by atoms with Gasteiger partial charge in [-0.25, -0.2) is 4.79 Å². The zero-order valence-electron chi connectivity index (χ0n) is 12.7. The van der Waals surface area contributed by atoms with E-state index >= 15 is 0 Å². The highest BCUT2D eigenvalue weighted by Gasteiger charge is 2.42. The molecule has 0 saturated carbocycles. The number of fused-ring (bicyclic) bond motifs is 1. The van der Waals surface area contributed by atoms with Crippen LogP contribution in [0.5, 0.6) is 0 Å². The van der Waals surface area contributed by atoms with Crippen LogP contribution in [0.1, 0.15) is 5.56 Å². The van der Waals surface area contributed by atoms with Crippen LogP contribution in [-0.4, -0.2) is 46.3 Å². The van der Waals surface area contributed by atoms with Gasteiger partial charge in [0.25, 0.3) is 0 Å². The van der Waals surface area contributed by atoms with E-state index in [0.717, 1.165) is 26.3 Å². The third-order valence-corrected chi connectivity index (χ3v) is 4.23. The molecule has 1 aliphatic heterocycles. The van der Waals surface area contributed by atoms with Gasteiger partial charge in [0.05, 0.1) is 0 Å². The molecule has 114 valence electrons. The largest absolute Gasteiger partial charge is 0.350 e. The molecule has 1 saturated heterocycles. The van der Waals surface area contributed by atoms with Gasteiger partial charge in [0.15, 0.2) is 0 Å².